The second-order valence-corrected chi connectivity index (χ2v) is 7.07. The first-order valence-electron chi connectivity index (χ1n) is 7.04. The third-order valence-electron chi connectivity index (χ3n) is 2.85. The first-order valence-corrected chi connectivity index (χ1v) is 9.15. The number of thioether (sulfide) groups is 1. The minimum Gasteiger partial charge on any atom is -0.324 e. The zero-order chi connectivity index (χ0) is 15.9. The molecule has 0 unspecified atom stereocenters. The molecule has 0 saturated heterocycles. The third-order valence-corrected chi connectivity index (χ3v) is 4.25. The number of hydrogen-bond acceptors (Lipinski definition) is 5. The highest BCUT2D eigenvalue weighted by Crippen LogP contribution is 2.19. The molecule has 0 saturated carbocycles. The van der Waals surface area contributed by atoms with Gasteiger partial charge in [0, 0.05) is 18.4 Å². The average Bonchev–Trinajstić information content (AvgIpc) is 2.46. The van der Waals surface area contributed by atoms with E-state index in [1.54, 1.807) is 18.0 Å². The second-order valence-electron chi connectivity index (χ2n) is 4.80. The molecule has 1 N–H and O–H groups in total. The minimum absolute atomic E-state index is 0.585. The van der Waals surface area contributed by atoms with Crippen molar-refractivity contribution in [2.24, 2.45) is 4.99 Å². The van der Waals surface area contributed by atoms with Gasteiger partial charge in [0.25, 0.3) is 0 Å². The van der Waals surface area contributed by atoms with Crippen molar-refractivity contribution in [1.29, 1.82) is 0 Å². The number of anilines is 2. The van der Waals surface area contributed by atoms with Crippen molar-refractivity contribution in [2.45, 2.75) is 20.8 Å². The lowest BCUT2D eigenvalue weighted by Gasteiger charge is -2.09. The molecule has 4 nitrogen and oxygen atoms in total. The van der Waals surface area contributed by atoms with Crippen LogP contribution in [0.5, 0.6) is 0 Å². The number of benzene rings is 1. The molecule has 0 atom stereocenters. The lowest BCUT2D eigenvalue weighted by atomic mass is 10.1. The van der Waals surface area contributed by atoms with Crippen LogP contribution in [-0.2, 0) is 0 Å². The standard InChI is InChI=1S/C16H19BrN4S/c1-4-18-15(22-10-17)14-5-6-19-16(21-14)20-13-8-11(2)7-12(3)9-13/h5-9H,4,10H2,1-3H3,(H,19,20,21). The molecule has 0 aliphatic rings. The summed E-state index contributed by atoms with van der Waals surface area (Å²) in [5.74, 6) is 0.585. The Labute approximate surface area is 144 Å². The van der Waals surface area contributed by atoms with Gasteiger partial charge in [-0.1, -0.05) is 33.8 Å². The van der Waals surface area contributed by atoms with Gasteiger partial charge < -0.3 is 5.32 Å². The van der Waals surface area contributed by atoms with E-state index in [-0.39, 0.29) is 0 Å². The van der Waals surface area contributed by atoms with E-state index < -0.39 is 0 Å². The fourth-order valence-corrected chi connectivity index (χ4v) is 3.35. The average molecular weight is 379 g/mol. The van der Waals surface area contributed by atoms with Gasteiger partial charge in [-0.2, -0.15) is 0 Å². The summed E-state index contributed by atoms with van der Waals surface area (Å²) >= 11 is 5.05. The first-order chi connectivity index (χ1) is 10.6. The molecule has 0 aliphatic heterocycles. The number of aryl methyl sites for hydroxylation is 2. The first kappa shape index (κ1) is 17.0. The number of rotatable bonds is 5. The van der Waals surface area contributed by atoms with Gasteiger partial charge in [0.15, 0.2) is 0 Å². The molecule has 1 heterocycles. The van der Waals surface area contributed by atoms with E-state index in [0.717, 1.165) is 27.6 Å². The summed E-state index contributed by atoms with van der Waals surface area (Å²) in [7, 11) is 0. The van der Waals surface area contributed by atoms with Crippen molar-refractivity contribution in [3.63, 3.8) is 0 Å². The van der Waals surface area contributed by atoms with Crippen LogP contribution in [-0.4, -0.2) is 26.2 Å². The quantitative estimate of drug-likeness (QED) is 0.465. The van der Waals surface area contributed by atoms with E-state index in [4.69, 9.17) is 0 Å². The largest absolute Gasteiger partial charge is 0.324 e. The smallest absolute Gasteiger partial charge is 0.227 e. The summed E-state index contributed by atoms with van der Waals surface area (Å²) in [5, 5.41) is 4.19. The van der Waals surface area contributed by atoms with Crippen molar-refractivity contribution in [2.75, 3.05) is 16.5 Å². The van der Waals surface area contributed by atoms with Crippen molar-refractivity contribution >= 4 is 44.4 Å². The summed E-state index contributed by atoms with van der Waals surface area (Å²) in [6, 6.07) is 8.19. The van der Waals surface area contributed by atoms with Crippen LogP contribution >= 0.6 is 27.7 Å². The van der Waals surface area contributed by atoms with E-state index >= 15 is 0 Å². The number of alkyl halides is 1. The van der Waals surface area contributed by atoms with Crippen LogP contribution in [0.2, 0.25) is 0 Å². The summed E-state index contributed by atoms with van der Waals surface area (Å²) in [6.45, 7) is 6.91. The Hall–Kier alpha value is -1.40. The summed E-state index contributed by atoms with van der Waals surface area (Å²) < 4.78 is 0.787. The van der Waals surface area contributed by atoms with Gasteiger partial charge in [-0.05, 0) is 50.1 Å². The minimum atomic E-state index is 0.585. The normalized spacial score (nSPS) is 11.5. The van der Waals surface area contributed by atoms with Crippen LogP contribution in [0, 0.1) is 13.8 Å². The molecule has 116 valence electrons. The molecule has 0 bridgehead atoms. The van der Waals surface area contributed by atoms with Crippen LogP contribution in [0.1, 0.15) is 23.7 Å². The van der Waals surface area contributed by atoms with Gasteiger partial charge in [-0.15, -0.1) is 0 Å². The molecule has 6 heteroatoms. The second kappa shape index (κ2) is 8.29. The lowest BCUT2D eigenvalue weighted by molar-refractivity contribution is 1.11. The SMILES string of the molecule is CCN=C(SCBr)c1ccnc(Nc2cc(C)cc(C)c2)n1. The maximum atomic E-state index is 4.57. The fourth-order valence-electron chi connectivity index (χ4n) is 2.11. The topological polar surface area (TPSA) is 50.2 Å². The highest BCUT2D eigenvalue weighted by atomic mass is 79.9. The maximum Gasteiger partial charge on any atom is 0.227 e. The highest BCUT2D eigenvalue weighted by Gasteiger charge is 2.07. The monoisotopic (exact) mass is 378 g/mol. The molecule has 1 aromatic heterocycles. The van der Waals surface area contributed by atoms with E-state index in [1.165, 1.54) is 11.1 Å². The zero-order valence-electron chi connectivity index (χ0n) is 12.9. The Morgan fingerprint density at radius 3 is 2.64 bits per heavy atom. The number of nitrogens with one attached hydrogen (secondary N) is 1. The van der Waals surface area contributed by atoms with Crippen LogP contribution < -0.4 is 5.32 Å². The van der Waals surface area contributed by atoms with Gasteiger partial charge >= 0.3 is 0 Å². The summed E-state index contributed by atoms with van der Waals surface area (Å²) in [4.78, 5) is 13.4. The zero-order valence-corrected chi connectivity index (χ0v) is 15.3. The predicted molar refractivity (Wildman–Crippen MR) is 99.7 cm³/mol. The summed E-state index contributed by atoms with van der Waals surface area (Å²) in [5.41, 5.74) is 4.26. The Bertz CT molecular complexity index is 653. The van der Waals surface area contributed by atoms with E-state index in [0.29, 0.717) is 5.95 Å². The Morgan fingerprint density at radius 1 is 1.27 bits per heavy atom. The molecular formula is C16H19BrN4S. The van der Waals surface area contributed by atoms with Crippen LogP contribution in [0.3, 0.4) is 0 Å². The van der Waals surface area contributed by atoms with Crippen molar-refractivity contribution < 1.29 is 0 Å². The number of aliphatic imine (C=N–C) groups is 1. The number of hydrogen-bond donors (Lipinski definition) is 1. The molecule has 2 aromatic rings. The maximum absolute atomic E-state index is 4.57. The Balaban J connectivity index is 2.26. The van der Waals surface area contributed by atoms with Gasteiger partial charge in [0.2, 0.25) is 5.95 Å². The Kier molecular flexibility index (Phi) is 6.39. The van der Waals surface area contributed by atoms with Gasteiger partial charge in [-0.3, -0.25) is 4.99 Å². The molecule has 0 fully saturated rings. The van der Waals surface area contributed by atoms with Crippen LogP contribution in [0.4, 0.5) is 11.6 Å². The Morgan fingerprint density at radius 2 is 2.00 bits per heavy atom. The molecule has 0 spiro atoms. The van der Waals surface area contributed by atoms with Crippen molar-refractivity contribution in [1.82, 2.24) is 9.97 Å². The van der Waals surface area contributed by atoms with Gasteiger partial charge in [0.1, 0.15) is 10.7 Å². The lowest BCUT2D eigenvalue weighted by Crippen LogP contribution is -2.05. The molecule has 0 amide bonds. The van der Waals surface area contributed by atoms with Crippen LogP contribution in [0.25, 0.3) is 0 Å². The molecular weight excluding hydrogens is 360 g/mol. The summed E-state index contributed by atoms with van der Waals surface area (Å²) in [6.07, 6.45) is 1.76. The number of aromatic nitrogens is 2. The number of halogens is 1. The molecule has 1 aromatic carbocycles. The number of nitrogens with zero attached hydrogens (tertiary/aromatic N) is 3. The highest BCUT2D eigenvalue weighted by molar-refractivity contribution is 9.11. The van der Waals surface area contributed by atoms with Crippen molar-refractivity contribution in [3.05, 3.63) is 47.3 Å². The predicted octanol–water partition coefficient (Wildman–Crippen LogP) is 4.69. The molecule has 2 rings (SSSR count). The molecule has 0 aliphatic carbocycles. The molecule has 22 heavy (non-hydrogen) atoms. The third kappa shape index (κ3) is 4.81. The van der Waals surface area contributed by atoms with Crippen LogP contribution in [0.15, 0.2) is 35.5 Å². The molecule has 0 radical (unpaired) electrons. The van der Waals surface area contributed by atoms with E-state index in [9.17, 15) is 0 Å². The van der Waals surface area contributed by atoms with E-state index in [1.807, 2.05) is 13.0 Å². The van der Waals surface area contributed by atoms with Crippen molar-refractivity contribution in [3.8, 4) is 0 Å². The van der Waals surface area contributed by atoms with Gasteiger partial charge in [-0.25, -0.2) is 9.97 Å². The van der Waals surface area contributed by atoms with Gasteiger partial charge in [0.05, 0.1) is 4.66 Å². The van der Waals surface area contributed by atoms with E-state index in [2.05, 4.69) is 68.3 Å². The fraction of sp³-hybridized carbons (Fsp3) is 0.312.